The maximum Gasteiger partial charge on any atom is 0.161 e. The molecule has 2 saturated heterocycles. The van der Waals surface area contributed by atoms with Gasteiger partial charge in [0.1, 0.15) is 0 Å². The number of ether oxygens (including phenoxy) is 2. The van der Waals surface area contributed by atoms with E-state index in [0.29, 0.717) is 22.0 Å². The smallest absolute Gasteiger partial charge is 0.161 e. The van der Waals surface area contributed by atoms with E-state index in [9.17, 15) is 5.11 Å². The topological polar surface area (TPSA) is 38.7 Å². The highest BCUT2D eigenvalue weighted by Crippen LogP contribution is 2.50. The van der Waals surface area contributed by atoms with Gasteiger partial charge >= 0.3 is 0 Å². The third-order valence-electron chi connectivity index (χ3n) is 4.49. The predicted octanol–water partition coefficient (Wildman–Crippen LogP) is 3.34. The van der Waals surface area contributed by atoms with Crippen molar-refractivity contribution in [3.63, 3.8) is 0 Å². The van der Waals surface area contributed by atoms with Crippen molar-refractivity contribution in [1.29, 1.82) is 0 Å². The van der Waals surface area contributed by atoms with Crippen molar-refractivity contribution in [3.8, 4) is 11.5 Å². The van der Waals surface area contributed by atoms with Gasteiger partial charge in [0.15, 0.2) is 11.5 Å². The zero-order valence-electron chi connectivity index (χ0n) is 12.1. The molecule has 0 spiro atoms. The van der Waals surface area contributed by atoms with Gasteiger partial charge in [-0.25, -0.2) is 0 Å². The molecule has 2 fully saturated rings. The average molecular weight is 294 g/mol. The lowest BCUT2D eigenvalue weighted by Gasteiger charge is -2.44. The van der Waals surface area contributed by atoms with Crippen LogP contribution in [0.3, 0.4) is 0 Å². The Morgan fingerprint density at radius 1 is 1.10 bits per heavy atom. The van der Waals surface area contributed by atoms with Gasteiger partial charge in [-0.1, -0.05) is 12.5 Å². The number of methoxy groups -OCH3 is 2. The Morgan fingerprint density at radius 2 is 1.75 bits per heavy atom. The minimum absolute atomic E-state index is 0.598. The molecule has 2 aliphatic heterocycles. The second-order valence-electron chi connectivity index (χ2n) is 5.82. The minimum atomic E-state index is -0.708. The van der Waals surface area contributed by atoms with Crippen LogP contribution in [0, 0.1) is 0 Å². The van der Waals surface area contributed by atoms with Crippen LogP contribution >= 0.6 is 11.8 Å². The molecule has 0 aromatic heterocycles. The Morgan fingerprint density at radius 3 is 2.35 bits per heavy atom. The molecule has 3 nitrogen and oxygen atoms in total. The van der Waals surface area contributed by atoms with Crippen LogP contribution in [-0.4, -0.2) is 29.8 Å². The van der Waals surface area contributed by atoms with E-state index in [4.69, 9.17) is 9.47 Å². The summed E-state index contributed by atoms with van der Waals surface area (Å²) >= 11 is 2.07. The van der Waals surface area contributed by atoms with E-state index in [-0.39, 0.29) is 0 Å². The van der Waals surface area contributed by atoms with Crippen LogP contribution in [-0.2, 0) is 5.60 Å². The van der Waals surface area contributed by atoms with E-state index >= 15 is 0 Å². The Hall–Kier alpha value is -0.870. The lowest BCUT2D eigenvalue weighted by atomic mass is 9.80. The van der Waals surface area contributed by atoms with E-state index in [1.165, 1.54) is 19.3 Å². The summed E-state index contributed by atoms with van der Waals surface area (Å²) in [5.41, 5.74) is 0.257. The molecule has 1 N–H and O–H groups in total. The number of fused-ring (bicyclic) bond motifs is 2. The van der Waals surface area contributed by atoms with Crippen molar-refractivity contribution in [3.05, 3.63) is 23.8 Å². The largest absolute Gasteiger partial charge is 0.493 e. The number of aliphatic hydroxyl groups is 1. The van der Waals surface area contributed by atoms with Crippen LogP contribution in [0.15, 0.2) is 18.2 Å². The molecular formula is C16H22O3S. The van der Waals surface area contributed by atoms with Gasteiger partial charge in [-0.15, -0.1) is 0 Å². The molecule has 1 aromatic carbocycles. The molecule has 3 rings (SSSR count). The van der Waals surface area contributed by atoms with E-state index in [0.717, 1.165) is 18.4 Å². The second kappa shape index (κ2) is 5.49. The van der Waals surface area contributed by atoms with Gasteiger partial charge in [0, 0.05) is 10.5 Å². The summed E-state index contributed by atoms with van der Waals surface area (Å²) in [4.78, 5) is 0. The molecule has 0 aliphatic carbocycles. The van der Waals surface area contributed by atoms with Gasteiger partial charge in [0.05, 0.1) is 19.8 Å². The van der Waals surface area contributed by atoms with Crippen molar-refractivity contribution in [2.75, 3.05) is 14.2 Å². The Bertz CT molecular complexity index is 477. The van der Waals surface area contributed by atoms with Gasteiger partial charge in [0.2, 0.25) is 0 Å². The maximum atomic E-state index is 11.1. The van der Waals surface area contributed by atoms with Gasteiger partial charge < -0.3 is 14.6 Å². The summed E-state index contributed by atoms with van der Waals surface area (Å²) in [6, 6.07) is 5.81. The predicted molar refractivity (Wildman–Crippen MR) is 81.7 cm³/mol. The number of thioether (sulfide) groups is 1. The summed E-state index contributed by atoms with van der Waals surface area (Å²) in [7, 11) is 3.27. The summed E-state index contributed by atoms with van der Waals surface area (Å²) in [5.74, 6) is 1.41. The third-order valence-corrected chi connectivity index (χ3v) is 6.06. The van der Waals surface area contributed by atoms with E-state index in [2.05, 4.69) is 11.8 Å². The molecule has 0 radical (unpaired) electrons. The number of rotatable bonds is 3. The zero-order chi connectivity index (χ0) is 14.2. The molecule has 2 heterocycles. The summed E-state index contributed by atoms with van der Waals surface area (Å²) in [5, 5.41) is 12.3. The molecule has 20 heavy (non-hydrogen) atoms. The average Bonchev–Trinajstić information content (AvgIpc) is 2.46. The van der Waals surface area contributed by atoms with Crippen molar-refractivity contribution >= 4 is 11.8 Å². The monoisotopic (exact) mass is 294 g/mol. The van der Waals surface area contributed by atoms with Crippen LogP contribution in [0.25, 0.3) is 0 Å². The highest BCUT2D eigenvalue weighted by Gasteiger charge is 2.42. The molecule has 0 saturated carbocycles. The molecule has 2 bridgehead atoms. The molecule has 1 aromatic rings. The van der Waals surface area contributed by atoms with Gasteiger partial charge in [-0.2, -0.15) is 11.8 Å². The fourth-order valence-corrected chi connectivity index (χ4v) is 5.37. The first-order chi connectivity index (χ1) is 9.64. The number of hydrogen-bond donors (Lipinski definition) is 1. The molecule has 2 aliphatic rings. The first-order valence-electron chi connectivity index (χ1n) is 7.25. The SMILES string of the molecule is COc1ccc(C2(O)CC3CCCC(C2)S3)cc1OC. The second-order valence-corrected chi connectivity index (χ2v) is 7.43. The fraction of sp³-hybridized carbons (Fsp3) is 0.625. The van der Waals surface area contributed by atoms with Crippen LogP contribution in [0.5, 0.6) is 11.5 Å². The third kappa shape index (κ3) is 2.51. The molecule has 110 valence electrons. The normalized spacial score (nSPS) is 32.8. The zero-order valence-corrected chi connectivity index (χ0v) is 12.9. The standard InChI is InChI=1S/C16H22O3S/c1-18-14-7-6-11(8-15(14)19-2)16(17)9-12-4-3-5-13(10-16)20-12/h6-8,12-13,17H,3-5,9-10H2,1-2H3. The van der Waals surface area contributed by atoms with E-state index < -0.39 is 5.60 Å². The van der Waals surface area contributed by atoms with Crippen LogP contribution in [0.2, 0.25) is 0 Å². The van der Waals surface area contributed by atoms with Crippen LogP contribution in [0.1, 0.15) is 37.7 Å². The quantitative estimate of drug-likeness (QED) is 0.928. The lowest BCUT2D eigenvalue weighted by Crippen LogP contribution is -2.40. The van der Waals surface area contributed by atoms with Crippen molar-refractivity contribution < 1.29 is 14.6 Å². The van der Waals surface area contributed by atoms with E-state index in [1.807, 2.05) is 18.2 Å². The van der Waals surface area contributed by atoms with Crippen molar-refractivity contribution in [1.82, 2.24) is 0 Å². The Balaban J connectivity index is 1.91. The van der Waals surface area contributed by atoms with Crippen molar-refractivity contribution in [2.45, 2.75) is 48.2 Å². The number of hydrogen-bond acceptors (Lipinski definition) is 4. The first-order valence-corrected chi connectivity index (χ1v) is 8.19. The summed E-state index contributed by atoms with van der Waals surface area (Å²) in [6.07, 6.45) is 5.48. The number of benzene rings is 1. The highest BCUT2D eigenvalue weighted by molar-refractivity contribution is 8.00. The first kappa shape index (κ1) is 14.1. The fourth-order valence-electron chi connectivity index (χ4n) is 3.48. The lowest BCUT2D eigenvalue weighted by molar-refractivity contribution is 0.00791. The van der Waals surface area contributed by atoms with Gasteiger partial charge in [-0.3, -0.25) is 0 Å². The highest BCUT2D eigenvalue weighted by atomic mass is 32.2. The van der Waals surface area contributed by atoms with E-state index in [1.54, 1.807) is 14.2 Å². The molecule has 2 atom stereocenters. The molecule has 2 unspecified atom stereocenters. The maximum absolute atomic E-state index is 11.1. The van der Waals surface area contributed by atoms with Gasteiger partial charge in [0.25, 0.3) is 0 Å². The van der Waals surface area contributed by atoms with Crippen molar-refractivity contribution in [2.24, 2.45) is 0 Å². The summed E-state index contributed by atoms with van der Waals surface area (Å²) < 4.78 is 10.6. The Kier molecular flexibility index (Phi) is 3.87. The minimum Gasteiger partial charge on any atom is -0.493 e. The Labute approximate surface area is 124 Å². The van der Waals surface area contributed by atoms with Gasteiger partial charge in [-0.05, 0) is 43.4 Å². The molecular weight excluding hydrogens is 272 g/mol. The van der Waals surface area contributed by atoms with Crippen LogP contribution in [0.4, 0.5) is 0 Å². The van der Waals surface area contributed by atoms with Crippen LogP contribution < -0.4 is 9.47 Å². The molecule has 0 amide bonds. The molecule has 4 heteroatoms. The summed E-state index contributed by atoms with van der Waals surface area (Å²) in [6.45, 7) is 0.